The number of carbonyl (C=O) groups excluding carboxylic acids is 1. The standard InChI is InChI=1S/C9H18N2O3S/c1-2-5-10-9(12)8-11-6-3-4-7-15(11,13)14/h2-8H2,1H3,(H,10,12). The van der Waals surface area contributed by atoms with E-state index < -0.39 is 10.0 Å². The molecular weight excluding hydrogens is 216 g/mol. The molecule has 5 nitrogen and oxygen atoms in total. The summed E-state index contributed by atoms with van der Waals surface area (Å²) in [5.74, 6) is -0.0315. The summed E-state index contributed by atoms with van der Waals surface area (Å²) < 4.78 is 24.4. The van der Waals surface area contributed by atoms with Crippen LogP contribution in [0, 0.1) is 0 Å². The van der Waals surface area contributed by atoms with Gasteiger partial charge in [0, 0.05) is 13.1 Å². The molecule has 0 radical (unpaired) electrons. The Morgan fingerprint density at radius 2 is 2.13 bits per heavy atom. The Morgan fingerprint density at radius 3 is 2.73 bits per heavy atom. The predicted octanol–water partition coefficient (Wildman–Crippen LogP) is -0.0618. The van der Waals surface area contributed by atoms with Crippen LogP contribution >= 0.6 is 0 Å². The third-order valence-electron chi connectivity index (χ3n) is 2.35. The first-order valence-corrected chi connectivity index (χ1v) is 6.91. The zero-order valence-corrected chi connectivity index (χ0v) is 9.85. The average molecular weight is 234 g/mol. The van der Waals surface area contributed by atoms with E-state index >= 15 is 0 Å². The maximum Gasteiger partial charge on any atom is 0.235 e. The largest absolute Gasteiger partial charge is 0.355 e. The lowest BCUT2D eigenvalue weighted by molar-refractivity contribution is -0.121. The van der Waals surface area contributed by atoms with Crippen LogP contribution in [0.4, 0.5) is 0 Å². The number of rotatable bonds is 4. The summed E-state index contributed by atoms with van der Waals surface area (Å²) in [7, 11) is -3.17. The van der Waals surface area contributed by atoms with Gasteiger partial charge in [-0.25, -0.2) is 8.42 Å². The molecule has 1 heterocycles. The van der Waals surface area contributed by atoms with Gasteiger partial charge in [0.05, 0.1) is 12.3 Å². The smallest absolute Gasteiger partial charge is 0.235 e. The van der Waals surface area contributed by atoms with Gasteiger partial charge in [-0.05, 0) is 19.3 Å². The lowest BCUT2D eigenvalue weighted by Crippen LogP contribution is -2.44. The van der Waals surface area contributed by atoms with Gasteiger partial charge in [-0.2, -0.15) is 4.31 Å². The van der Waals surface area contributed by atoms with Crippen molar-refractivity contribution in [3.8, 4) is 0 Å². The van der Waals surface area contributed by atoms with E-state index in [4.69, 9.17) is 0 Å². The van der Waals surface area contributed by atoms with Crippen molar-refractivity contribution in [2.45, 2.75) is 26.2 Å². The second-order valence-corrected chi connectivity index (χ2v) is 5.80. The minimum Gasteiger partial charge on any atom is -0.355 e. The first kappa shape index (κ1) is 12.4. The summed E-state index contributed by atoms with van der Waals surface area (Å²) in [6, 6.07) is 0. The fourth-order valence-corrected chi connectivity index (χ4v) is 3.05. The number of nitrogens with zero attached hydrogens (tertiary/aromatic N) is 1. The molecule has 0 aromatic carbocycles. The van der Waals surface area contributed by atoms with Gasteiger partial charge in [0.25, 0.3) is 0 Å². The third kappa shape index (κ3) is 3.79. The van der Waals surface area contributed by atoms with E-state index in [1.54, 1.807) is 0 Å². The van der Waals surface area contributed by atoms with Crippen LogP contribution in [-0.4, -0.2) is 44.0 Å². The highest BCUT2D eigenvalue weighted by atomic mass is 32.2. The lowest BCUT2D eigenvalue weighted by Gasteiger charge is -2.25. The molecule has 15 heavy (non-hydrogen) atoms. The summed E-state index contributed by atoms with van der Waals surface area (Å²) in [4.78, 5) is 11.3. The van der Waals surface area contributed by atoms with Gasteiger partial charge in [-0.1, -0.05) is 6.92 Å². The minimum atomic E-state index is -3.17. The maximum absolute atomic E-state index is 11.5. The zero-order chi connectivity index (χ0) is 11.3. The van der Waals surface area contributed by atoms with Gasteiger partial charge in [-0.15, -0.1) is 0 Å². The molecular formula is C9H18N2O3S. The molecule has 1 fully saturated rings. The van der Waals surface area contributed by atoms with E-state index in [9.17, 15) is 13.2 Å². The van der Waals surface area contributed by atoms with Gasteiger partial charge >= 0.3 is 0 Å². The highest BCUT2D eigenvalue weighted by Gasteiger charge is 2.27. The number of nitrogens with one attached hydrogen (secondary N) is 1. The first-order chi connectivity index (χ1) is 7.06. The Morgan fingerprint density at radius 1 is 1.40 bits per heavy atom. The summed E-state index contributed by atoms with van der Waals surface area (Å²) in [6.45, 7) is 3.01. The Balaban J connectivity index is 2.46. The molecule has 0 aliphatic carbocycles. The molecule has 0 aromatic heterocycles. The van der Waals surface area contributed by atoms with Crippen LogP contribution in [0.2, 0.25) is 0 Å². The molecule has 1 aliphatic heterocycles. The normalized spacial score (nSPS) is 21.1. The number of hydrogen-bond donors (Lipinski definition) is 1. The quantitative estimate of drug-likeness (QED) is 0.741. The zero-order valence-electron chi connectivity index (χ0n) is 9.03. The van der Waals surface area contributed by atoms with Gasteiger partial charge in [0.1, 0.15) is 0 Å². The summed E-state index contributed by atoms with van der Waals surface area (Å²) in [5, 5.41) is 2.67. The van der Waals surface area contributed by atoms with Gasteiger partial charge in [0.15, 0.2) is 0 Å². The minimum absolute atomic E-state index is 0.0255. The van der Waals surface area contributed by atoms with Crippen molar-refractivity contribution in [1.29, 1.82) is 0 Å². The van der Waals surface area contributed by atoms with Crippen molar-refractivity contribution in [2.75, 3.05) is 25.4 Å². The monoisotopic (exact) mass is 234 g/mol. The summed E-state index contributed by atoms with van der Waals surface area (Å²) in [5.41, 5.74) is 0. The van der Waals surface area contributed by atoms with E-state index in [0.717, 1.165) is 12.8 Å². The van der Waals surface area contributed by atoms with E-state index in [1.165, 1.54) is 4.31 Å². The van der Waals surface area contributed by atoms with Crippen molar-refractivity contribution in [1.82, 2.24) is 9.62 Å². The fourth-order valence-electron chi connectivity index (χ4n) is 1.50. The van der Waals surface area contributed by atoms with Crippen LogP contribution < -0.4 is 5.32 Å². The molecule has 0 unspecified atom stereocenters. The first-order valence-electron chi connectivity index (χ1n) is 5.31. The van der Waals surface area contributed by atoms with Crippen LogP contribution in [0.1, 0.15) is 26.2 Å². The molecule has 1 N–H and O–H groups in total. The predicted molar refractivity (Wildman–Crippen MR) is 57.9 cm³/mol. The number of sulfonamides is 1. The summed E-state index contributed by atoms with van der Waals surface area (Å²) in [6.07, 6.45) is 2.41. The topological polar surface area (TPSA) is 66.5 Å². The fraction of sp³-hybridized carbons (Fsp3) is 0.889. The molecule has 0 bridgehead atoms. The van der Waals surface area contributed by atoms with Crippen molar-refractivity contribution < 1.29 is 13.2 Å². The highest BCUT2D eigenvalue weighted by Crippen LogP contribution is 2.12. The second-order valence-electron chi connectivity index (χ2n) is 3.71. The maximum atomic E-state index is 11.5. The van der Waals surface area contributed by atoms with Crippen LogP contribution in [-0.2, 0) is 14.8 Å². The van der Waals surface area contributed by atoms with Crippen LogP contribution in [0.25, 0.3) is 0 Å². The number of carbonyl (C=O) groups is 1. The molecule has 1 rings (SSSR count). The SMILES string of the molecule is CCCNC(=O)CN1CCCCS1(=O)=O. The second kappa shape index (κ2) is 5.46. The van der Waals surface area contributed by atoms with E-state index in [0.29, 0.717) is 19.5 Å². The molecule has 0 atom stereocenters. The number of hydrogen-bond acceptors (Lipinski definition) is 3. The Labute approximate surface area is 90.9 Å². The molecule has 88 valence electrons. The van der Waals surface area contributed by atoms with Gasteiger partial charge in [-0.3, -0.25) is 4.79 Å². The summed E-state index contributed by atoms with van der Waals surface area (Å²) >= 11 is 0. The molecule has 0 spiro atoms. The molecule has 1 saturated heterocycles. The molecule has 1 aliphatic rings. The molecule has 0 saturated carbocycles. The van der Waals surface area contributed by atoms with Crippen LogP contribution in [0.3, 0.4) is 0 Å². The Kier molecular flexibility index (Phi) is 4.53. The van der Waals surface area contributed by atoms with E-state index in [2.05, 4.69) is 5.32 Å². The lowest BCUT2D eigenvalue weighted by atomic mass is 10.3. The number of amides is 1. The Bertz CT molecular complexity index is 313. The van der Waals surface area contributed by atoms with Crippen LogP contribution in [0.15, 0.2) is 0 Å². The third-order valence-corrected chi connectivity index (χ3v) is 4.25. The van der Waals surface area contributed by atoms with Crippen molar-refractivity contribution >= 4 is 15.9 Å². The molecule has 1 amide bonds. The molecule has 0 aromatic rings. The Hall–Kier alpha value is -0.620. The highest BCUT2D eigenvalue weighted by molar-refractivity contribution is 7.89. The van der Waals surface area contributed by atoms with Crippen molar-refractivity contribution in [3.63, 3.8) is 0 Å². The van der Waals surface area contributed by atoms with Gasteiger partial charge in [0.2, 0.25) is 15.9 Å². The molecule has 6 heteroatoms. The van der Waals surface area contributed by atoms with Gasteiger partial charge < -0.3 is 5.32 Å². The van der Waals surface area contributed by atoms with Crippen molar-refractivity contribution in [2.24, 2.45) is 0 Å². The van der Waals surface area contributed by atoms with E-state index in [-0.39, 0.29) is 18.2 Å². The van der Waals surface area contributed by atoms with E-state index in [1.807, 2.05) is 6.92 Å². The van der Waals surface area contributed by atoms with Crippen LogP contribution in [0.5, 0.6) is 0 Å². The van der Waals surface area contributed by atoms with Crippen molar-refractivity contribution in [3.05, 3.63) is 0 Å². The average Bonchev–Trinajstić information content (AvgIpc) is 2.18.